The molecule has 0 radical (unpaired) electrons. The first-order valence-corrected chi connectivity index (χ1v) is 9.46. The normalized spacial score (nSPS) is 10.6. The van der Waals surface area contributed by atoms with Crippen LogP contribution in [0.3, 0.4) is 0 Å². The fourth-order valence-corrected chi connectivity index (χ4v) is 3.49. The van der Waals surface area contributed by atoms with Crippen LogP contribution in [0.25, 0.3) is 6.08 Å². The summed E-state index contributed by atoms with van der Waals surface area (Å²) in [7, 11) is 0. The zero-order chi connectivity index (χ0) is 20.1. The highest BCUT2D eigenvalue weighted by Gasteiger charge is 2.12. The number of benzene rings is 2. The monoisotopic (exact) mass is 533 g/mol. The van der Waals surface area contributed by atoms with Crippen molar-refractivity contribution in [3.05, 3.63) is 66.1 Å². The van der Waals surface area contributed by atoms with Crippen molar-refractivity contribution in [3.8, 4) is 5.75 Å². The average molecular weight is 536 g/mol. The molecule has 11 heteroatoms. The molecule has 0 atom stereocenters. The van der Waals surface area contributed by atoms with Crippen molar-refractivity contribution in [1.82, 2.24) is 5.32 Å². The molecule has 0 aromatic heterocycles. The maximum absolute atomic E-state index is 11.9. The molecule has 2 aromatic rings. The lowest BCUT2D eigenvalue weighted by Crippen LogP contribution is -2.32. The number of hydrogen-bond acceptors (Lipinski definition) is 5. The Morgan fingerprint density at radius 3 is 2.48 bits per heavy atom. The summed E-state index contributed by atoms with van der Waals surface area (Å²) in [4.78, 5) is 22.2. The van der Waals surface area contributed by atoms with Crippen LogP contribution in [0, 0.1) is 10.1 Å². The minimum Gasteiger partial charge on any atom is -0.506 e. The zero-order valence-electron chi connectivity index (χ0n) is 13.2. The van der Waals surface area contributed by atoms with Gasteiger partial charge in [-0.25, -0.2) is 0 Å². The first-order valence-electron chi connectivity index (χ1n) is 7.09. The lowest BCUT2D eigenvalue weighted by molar-refractivity contribution is -0.384. The Morgan fingerprint density at radius 1 is 1.26 bits per heavy atom. The first-order chi connectivity index (χ1) is 12.7. The molecule has 140 valence electrons. The fraction of sp³-hybridized carbons (Fsp3) is 0. The molecule has 0 spiro atoms. The number of anilines is 1. The van der Waals surface area contributed by atoms with Gasteiger partial charge in [-0.1, -0.05) is 17.7 Å². The third kappa shape index (κ3) is 5.99. The van der Waals surface area contributed by atoms with Gasteiger partial charge in [0.1, 0.15) is 10.8 Å². The quantitative estimate of drug-likeness (QED) is 0.167. The van der Waals surface area contributed by atoms with Crippen molar-refractivity contribution in [3.63, 3.8) is 0 Å². The summed E-state index contributed by atoms with van der Waals surface area (Å²) in [5, 5.41) is 25.8. The van der Waals surface area contributed by atoms with Gasteiger partial charge in [-0.15, -0.1) is 0 Å². The van der Waals surface area contributed by atoms with Crippen molar-refractivity contribution in [2.45, 2.75) is 0 Å². The Morgan fingerprint density at radius 2 is 1.89 bits per heavy atom. The molecule has 0 unspecified atom stereocenters. The van der Waals surface area contributed by atoms with Gasteiger partial charge < -0.3 is 10.4 Å². The standard InChI is InChI=1S/C16H10Br2ClN3O4S/c17-10-6-9(7-11(18)15(10)24)20-16(27)21-14(23)4-2-8-1-3-12(19)13(5-8)22(25)26/h1-7,24H,(H2,20,21,23,27). The molecule has 27 heavy (non-hydrogen) atoms. The van der Waals surface area contributed by atoms with Crippen LogP contribution in [-0.4, -0.2) is 21.0 Å². The van der Waals surface area contributed by atoms with Gasteiger partial charge in [-0.2, -0.15) is 0 Å². The average Bonchev–Trinajstić information content (AvgIpc) is 2.58. The number of carbonyl (C=O) groups is 1. The number of nitro groups is 1. The summed E-state index contributed by atoms with van der Waals surface area (Å²) in [5.74, 6) is -0.488. The van der Waals surface area contributed by atoms with E-state index in [9.17, 15) is 20.0 Å². The lowest BCUT2D eigenvalue weighted by Gasteiger charge is -2.10. The predicted molar refractivity (Wildman–Crippen MR) is 115 cm³/mol. The first kappa shape index (κ1) is 21.3. The number of halogens is 3. The predicted octanol–water partition coefficient (Wildman–Crippen LogP) is 5.01. The molecule has 0 saturated heterocycles. The van der Waals surface area contributed by atoms with E-state index in [1.807, 2.05) is 0 Å². The van der Waals surface area contributed by atoms with Crippen molar-refractivity contribution >= 4 is 84.1 Å². The van der Waals surface area contributed by atoms with Crippen LogP contribution in [0.15, 0.2) is 45.4 Å². The highest BCUT2D eigenvalue weighted by molar-refractivity contribution is 9.11. The van der Waals surface area contributed by atoms with Gasteiger partial charge in [0.25, 0.3) is 5.69 Å². The number of carbonyl (C=O) groups excluding carboxylic acids is 1. The van der Waals surface area contributed by atoms with E-state index in [1.54, 1.807) is 18.2 Å². The Labute approximate surface area is 180 Å². The topological polar surface area (TPSA) is 104 Å². The van der Waals surface area contributed by atoms with E-state index in [0.717, 1.165) is 0 Å². The zero-order valence-corrected chi connectivity index (χ0v) is 17.9. The van der Waals surface area contributed by atoms with Crippen molar-refractivity contribution < 1.29 is 14.8 Å². The minimum absolute atomic E-state index is 0.0122. The molecule has 2 aromatic carbocycles. The van der Waals surface area contributed by atoms with Gasteiger partial charge >= 0.3 is 0 Å². The van der Waals surface area contributed by atoms with Crippen molar-refractivity contribution in [1.29, 1.82) is 0 Å². The molecule has 0 heterocycles. The van der Waals surface area contributed by atoms with Gasteiger partial charge in [0.05, 0.1) is 13.9 Å². The van der Waals surface area contributed by atoms with E-state index in [2.05, 4.69) is 42.5 Å². The van der Waals surface area contributed by atoms with E-state index < -0.39 is 10.8 Å². The number of aromatic hydroxyl groups is 1. The summed E-state index contributed by atoms with van der Waals surface area (Å²) in [6.45, 7) is 0. The van der Waals surface area contributed by atoms with Gasteiger partial charge in [-0.3, -0.25) is 20.2 Å². The number of nitrogens with one attached hydrogen (secondary N) is 2. The van der Waals surface area contributed by atoms with Crippen molar-refractivity contribution in [2.24, 2.45) is 0 Å². The van der Waals surface area contributed by atoms with Crippen LogP contribution in [0.4, 0.5) is 11.4 Å². The molecular formula is C16H10Br2ClN3O4S. The Kier molecular flexibility index (Phi) is 7.31. The summed E-state index contributed by atoms with van der Waals surface area (Å²) < 4.78 is 0.885. The maximum atomic E-state index is 11.9. The third-order valence-corrected chi connectivity index (χ3v) is 4.84. The summed E-state index contributed by atoms with van der Waals surface area (Å²) in [6, 6.07) is 7.35. The lowest BCUT2D eigenvalue weighted by atomic mass is 10.2. The Hall–Kier alpha value is -2.01. The van der Waals surface area contributed by atoms with Gasteiger partial charge in [-0.05, 0) is 73.9 Å². The number of nitrogens with zero attached hydrogens (tertiary/aromatic N) is 1. The number of phenolic OH excluding ortho intramolecular Hbond substituents is 1. The highest BCUT2D eigenvalue weighted by Crippen LogP contribution is 2.35. The van der Waals surface area contributed by atoms with Gasteiger partial charge in [0.2, 0.25) is 5.91 Å². The third-order valence-electron chi connectivity index (χ3n) is 3.11. The Balaban J connectivity index is 2.01. The highest BCUT2D eigenvalue weighted by atomic mass is 79.9. The molecule has 0 aliphatic carbocycles. The van der Waals surface area contributed by atoms with Crippen LogP contribution in [-0.2, 0) is 4.79 Å². The molecule has 0 fully saturated rings. The second-order valence-electron chi connectivity index (χ2n) is 5.03. The van der Waals surface area contributed by atoms with Crippen LogP contribution < -0.4 is 10.6 Å². The molecule has 0 bridgehead atoms. The Bertz CT molecular complexity index is 946. The molecule has 1 amide bonds. The molecular weight excluding hydrogens is 526 g/mol. The minimum atomic E-state index is -0.604. The molecule has 7 nitrogen and oxygen atoms in total. The number of thiocarbonyl (C=S) groups is 1. The number of amides is 1. The second kappa shape index (κ2) is 9.27. The number of hydrogen-bond donors (Lipinski definition) is 3. The molecule has 0 aliphatic heterocycles. The molecule has 2 rings (SSSR count). The second-order valence-corrected chi connectivity index (χ2v) is 7.56. The van der Waals surface area contributed by atoms with E-state index in [1.165, 1.54) is 24.3 Å². The van der Waals surface area contributed by atoms with Crippen LogP contribution in [0.5, 0.6) is 5.75 Å². The van der Waals surface area contributed by atoms with E-state index in [4.69, 9.17) is 23.8 Å². The van der Waals surface area contributed by atoms with Crippen molar-refractivity contribution in [2.75, 3.05) is 5.32 Å². The summed E-state index contributed by atoms with van der Waals surface area (Å²) in [5.41, 5.74) is 0.723. The van der Waals surface area contributed by atoms with Gasteiger partial charge in [0.15, 0.2) is 5.11 Å². The van der Waals surface area contributed by atoms with Crippen LogP contribution in [0.2, 0.25) is 5.02 Å². The fourth-order valence-electron chi connectivity index (χ4n) is 1.90. The molecule has 3 N–H and O–H groups in total. The summed E-state index contributed by atoms with van der Waals surface area (Å²) >= 11 is 17.2. The number of nitro benzene ring substituents is 1. The molecule has 0 saturated carbocycles. The van der Waals surface area contributed by atoms with E-state index >= 15 is 0 Å². The molecule has 0 aliphatic rings. The van der Waals surface area contributed by atoms with Crippen LogP contribution in [0.1, 0.15) is 5.56 Å². The van der Waals surface area contributed by atoms with E-state index in [-0.39, 0.29) is 21.6 Å². The smallest absolute Gasteiger partial charge is 0.288 e. The van der Waals surface area contributed by atoms with E-state index in [0.29, 0.717) is 20.2 Å². The number of phenols is 1. The van der Waals surface area contributed by atoms with Gasteiger partial charge in [0, 0.05) is 17.8 Å². The number of rotatable bonds is 4. The maximum Gasteiger partial charge on any atom is 0.288 e. The van der Waals surface area contributed by atoms with Crippen LogP contribution >= 0.6 is 55.7 Å². The summed E-state index contributed by atoms with van der Waals surface area (Å²) in [6.07, 6.45) is 2.58. The largest absolute Gasteiger partial charge is 0.506 e. The SMILES string of the molecule is O=C(C=Cc1ccc(Cl)c([N+](=O)[O-])c1)NC(=S)Nc1cc(Br)c(O)c(Br)c1.